The number of hydrogen-bond acceptors (Lipinski definition) is 3. The Morgan fingerprint density at radius 2 is 1.88 bits per heavy atom. The van der Waals surface area contributed by atoms with Gasteiger partial charge in [0.05, 0.1) is 5.41 Å². The van der Waals surface area contributed by atoms with Crippen LogP contribution in [0.25, 0.3) is 0 Å². The highest BCUT2D eigenvalue weighted by Gasteiger charge is 2.39. The van der Waals surface area contributed by atoms with E-state index >= 15 is 0 Å². The molecule has 1 fully saturated rings. The average Bonchev–Trinajstić information content (AvgIpc) is 2.61. The summed E-state index contributed by atoms with van der Waals surface area (Å²) < 4.78 is 0. The highest BCUT2D eigenvalue weighted by Crippen LogP contribution is 2.30. The van der Waals surface area contributed by atoms with Crippen LogP contribution in [0, 0.1) is 5.41 Å². The van der Waals surface area contributed by atoms with E-state index in [1.807, 2.05) is 42.2 Å². The largest absolute Gasteiger partial charge is 0.354 e. The van der Waals surface area contributed by atoms with Crippen LogP contribution in [0.2, 0.25) is 0 Å². The van der Waals surface area contributed by atoms with Crippen molar-refractivity contribution in [3.63, 3.8) is 0 Å². The number of hydrogen-bond donors (Lipinski definition) is 2. The molecule has 0 aliphatic carbocycles. The molecule has 1 unspecified atom stereocenters. The van der Waals surface area contributed by atoms with Crippen molar-refractivity contribution in [2.75, 3.05) is 32.7 Å². The summed E-state index contributed by atoms with van der Waals surface area (Å²) in [5, 5.41) is 6.29. The SMILES string of the molecule is CCCNCCNC(=O)C1(C)CCCN(C(=O)c2ccccc2)C1.Cl. The Morgan fingerprint density at radius 3 is 2.56 bits per heavy atom. The van der Waals surface area contributed by atoms with E-state index in [2.05, 4.69) is 17.6 Å². The van der Waals surface area contributed by atoms with Crippen LogP contribution in [-0.4, -0.2) is 49.4 Å². The minimum absolute atomic E-state index is 0. The van der Waals surface area contributed by atoms with Gasteiger partial charge in [0.2, 0.25) is 5.91 Å². The number of piperidine rings is 1. The van der Waals surface area contributed by atoms with Crippen molar-refractivity contribution in [2.45, 2.75) is 33.1 Å². The van der Waals surface area contributed by atoms with Gasteiger partial charge in [0.15, 0.2) is 0 Å². The smallest absolute Gasteiger partial charge is 0.253 e. The fourth-order valence-electron chi connectivity index (χ4n) is 3.14. The lowest BCUT2D eigenvalue weighted by atomic mass is 9.80. The molecule has 0 spiro atoms. The Hall–Kier alpha value is -1.59. The third kappa shape index (κ3) is 6.01. The molecule has 1 saturated heterocycles. The van der Waals surface area contributed by atoms with Gasteiger partial charge in [-0.3, -0.25) is 9.59 Å². The minimum Gasteiger partial charge on any atom is -0.354 e. The standard InChI is InChI=1S/C19H29N3O2.ClH/c1-3-11-20-12-13-21-18(24)19(2)10-7-14-22(15-19)17(23)16-8-5-4-6-9-16;/h4-6,8-9,20H,3,7,10-15H2,1-2H3,(H,21,24);1H. The monoisotopic (exact) mass is 367 g/mol. The molecule has 140 valence electrons. The predicted molar refractivity (Wildman–Crippen MR) is 103 cm³/mol. The van der Waals surface area contributed by atoms with Gasteiger partial charge >= 0.3 is 0 Å². The molecule has 2 N–H and O–H groups in total. The summed E-state index contributed by atoms with van der Waals surface area (Å²) in [5.74, 6) is 0.0605. The second kappa shape index (κ2) is 10.4. The number of likely N-dealkylation sites (tertiary alicyclic amines) is 1. The van der Waals surface area contributed by atoms with Gasteiger partial charge in [-0.15, -0.1) is 12.4 Å². The van der Waals surface area contributed by atoms with Gasteiger partial charge in [-0.05, 0) is 44.9 Å². The highest BCUT2D eigenvalue weighted by atomic mass is 35.5. The lowest BCUT2D eigenvalue weighted by Gasteiger charge is -2.39. The Kier molecular flexibility index (Phi) is 8.93. The number of halogens is 1. The van der Waals surface area contributed by atoms with Crippen LogP contribution in [0.15, 0.2) is 30.3 Å². The first-order valence-corrected chi connectivity index (χ1v) is 8.90. The van der Waals surface area contributed by atoms with E-state index in [9.17, 15) is 9.59 Å². The van der Waals surface area contributed by atoms with Gasteiger partial charge in [-0.25, -0.2) is 0 Å². The Balaban J connectivity index is 0.00000312. The molecule has 1 heterocycles. The van der Waals surface area contributed by atoms with Crippen LogP contribution in [0.4, 0.5) is 0 Å². The number of nitrogens with zero attached hydrogens (tertiary/aromatic N) is 1. The topological polar surface area (TPSA) is 61.4 Å². The van der Waals surface area contributed by atoms with E-state index in [4.69, 9.17) is 0 Å². The van der Waals surface area contributed by atoms with Crippen molar-refractivity contribution in [1.82, 2.24) is 15.5 Å². The summed E-state index contributed by atoms with van der Waals surface area (Å²) >= 11 is 0. The summed E-state index contributed by atoms with van der Waals surface area (Å²) in [7, 11) is 0. The molecule has 1 atom stereocenters. The summed E-state index contributed by atoms with van der Waals surface area (Å²) in [6.07, 6.45) is 2.76. The summed E-state index contributed by atoms with van der Waals surface area (Å²) in [4.78, 5) is 27.0. The first-order chi connectivity index (χ1) is 11.6. The molecule has 0 radical (unpaired) electrons. The molecule has 2 rings (SSSR count). The molecule has 5 nitrogen and oxygen atoms in total. The number of amides is 2. The van der Waals surface area contributed by atoms with E-state index < -0.39 is 5.41 Å². The maximum absolute atomic E-state index is 12.6. The van der Waals surface area contributed by atoms with E-state index in [0.29, 0.717) is 25.2 Å². The van der Waals surface area contributed by atoms with Gasteiger partial charge in [-0.2, -0.15) is 0 Å². The molecule has 0 saturated carbocycles. The van der Waals surface area contributed by atoms with Crippen LogP contribution in [0.1, 0.15) is 43.5 Å². The van der Waals surface area contributed by atoms with Crippen LogP contribution in [0.3, 0.4) is 0 Å². The second-order valence-corrected chi connectivity index (χ2v) is 6.76. The lowest BCUT2D eigenvalue weighted by Crippen LogP contribution is -2.52. The average molecular weight is 368 g/mol. The van der Waals surface area contributed by atoms with Crippen molar-refractivity contribution < 1.29 is 9.59 Å². The lowest BCUT2D eigenvalue weighted by molar-refractivity contribution is -0.132. The number of rotatable bonds is 7. The molecular formula is C19H30ClN3O2. The highest BCUT2D eigenvalue weighted by molar-refractivity contribution is 5.95. The maximum atomic E-state index is 12.6. The number of benzene rings is 1. The first kappa shape index (κ1) is 21.5. The molecular weight excluding hydrogens is 338 g/mol. The zero-order chi connectivity index (χ0) is 17.4. The Bertz CT molecular complexity index is 553. The Morgan fingerprint density at radius 1 is 1.16 bits per heavy atom. The normalized spacial score (nSPS) is 19.8. The fraction of sp³-hybridized carbons (Fsp3) is 0.579. The second-order valence-electron chi connectivity index (χ2n) is 6.76. The molecule has 1 aliphatic rings. The van der Waals surface area contributed by atoms with Crippen molar-refractivity contribution in [3.8, 4) is 0 Å². The molecule has 0 bridgehead atoms. The van der Waals surface area contributed by atoms with Crippen LogP contribution in [-0.2, 0) is 4.79 Å². The molecule has 1 aromatic rings. The van der Waals surface area contributed by atoms with E-state index in [1.54, 1.807) is 0 Å². The number of carbonyl (C=O) groups excluding carboxylic acids is 2. The predicted octanol–water partition coefficient (Wildman–Crippen LogP) is 2.47. The Labute approximate surface area is 157 Å². The molecule has 0 aromatic heterocycles. The summed E-state index contributed by atoms with van der Waals surface area (Å²) in [6, 6.07) is 9.29. The van der Waals surface area contributed by atoms with Gasteiger partial charge in [0.25, 0.3) is 5.91 Å². The van der Waals surface area contributed by atoms with Crippen molar-refractivity contribution in [2.24, 2.45) is 5.41 Å². The van der Waals surface area contributed by atoms with Crippen LogP contribution >= 0.6 is 12.4 Å². The molecule has 25 heavy (non-hydrogen) atoms. The zero-order valence-electron chi connectivity index (χ0n) is 15.2. The third-order valence-corrected chi connectivity index (χ3v) is 4.57. The zero-order valence-corrected chi connectivity index (χ0v) is 16.0. The van der Waals surface area contributed by atoms with Crippen molar-refractivity contribution in [1.29, 1.82) is 0 Å². The quantitative estimate of drug-likeness (QED) is 0.728. The van der Waals surface area contributed by atoms with Gasteiger partial charge in [-0.1, -0.05) is 25.1 Å². The summed E-state index contributed by atoms with van der Waals surface area (Å²) in [5.41, 5.74) is 0.180. The van der Waals surface area contributed by atoms with Gasteiger partial charge in [0.1, 0.15) is 0 Å². The van der Waals surface area contributed by atoms with E-state index in [1.165, 1.54) is 0 Å². The van der Waals surface area contributed by atoms with Gasteiger partial charge < -0.3 is 15.5 Å². The molecule has 6 heteroatoms. The van der Waals surface area contributed by atoms with E-state index in [-0.39, 0.29) is 24.2 Å². The molecule has 2 amide bonds. The number of carbonyl (C=O) groups is 2. The van der Waals surface area contributed by atoms with Crippen molar-refractivity contribution >= 4 is 24.2 Å². The molecule has 1 aliphatic heterocycles. The number of nitrogens with one attached hydrogen (secondary N) is 2. The van der Waals surface area contributed by atoms with Crippen LogP contribution in [0.5, 0.6) is 0 Å². The third-order valence-electron chi connectivity index (χ3n) is 4.57. The van der Waals surface area contributed by atoms with E-state index in [0.717, 1.165) is 32.4 Å². The summed E-state index contributed by atoms with van der Waals surface area (Å²) in [6.45, 7) is 7.65. The fourth-order valence-corrected chi connectivity index (χ4v) is 3.14. The maximum Gasteiger partial charge on any atom is 0.253 e. The molecule has 1 aromatic carbocycles. The van der Waals surface area contributed by atoms with Crippen molar-refractivity contribution in [3.05, 3.63) is 35.9 Å². The minimum atomic E-state index is -0.507. The van der Waals surface area contributed by atoms with Gasteiger partial charge in [0, 0.05) is 31.7 Å². The first-order valence-electron chi connectivity index (χ1n) is 8.90. The van der Waals surface area contributed by atoms with Crippen LogP contribution < -0.4 is 10.6 Å².